The zero-order chi connectivity index (χ0) is 22.9. The normalized spacial score (nSPS) is 13.8. The molecule has 0 bridgehead atoms. The maximum Gasteiger partial charge on any atom is 0.254 e. The number of amides is 1. The molecule has 2 aromatic rings. The molecule has 0 aliphatic carbocycles. The molecule has 0 unspecified atom stereocenters. The van der Waals surface area contributed by atoms with Crippen LogP contribution in [0, 0.1) is 11.3 Å². The SMILES string of the molecule is CCOc1cc(C(=O)N2CCCN(c3ccc(C#N)cc3)CC2)cc(OCC)c1OCC. The first-order valence-electron chi connectivity index (χ1n) is 11.2. The quantitative estimate of drug-likeness (QED) is 0.619. The van der Waals surface area contributed by atoms with Crippen LogP contribution in [0.15, 0.2) is 36.4 Å². The molecule has 0 N–H and O–H groups in total. The Kier molecular flexibility index (Phi) is 8.20. The van der Waals surface area contributed by atoms with E-state index in [0.717, 1.165) is 25.2 Å². The summed E-state index contributed by atoms with van der Waals surface area (Å²) in [7, 11) is 0. The number of carbonyl (C=O) groups excluding carboxylic acids is 1. The first-order valence-corrected chi connectivity index (χ1v) is 11.2. The lowest BCUT2D eigenvalue weighted by Crippen LogP contribution is -2.35. The molecule has 1 aliphatic rings. The highest BCUT2D eigenvalue weighted by atomic mass is 16.5. The zero-order valence-electron chi connectivity index (χ0n) is 19.1. The van der Waals surface area contributed by atoms with E-state index in [0.29, 0.717) is 61.3 Å². The van der Waals surface area contributed by atoms with Gasteiger partial charge in [0.15, 0.2) is 11.5 Å². The third-order valence-electron chi connectivity index (χ3n) is 5.30. The van der Waals surface area contributed by atoms with Crippen molar-refractivity contribution in [2.24, 2.45) is 0 Å². The van der Waals surface area contributed by atoms with Gasteiger partial charge in [-0.15, -0.1) is 0 Å². The Morgan fingerprint density at radius 3 is 2.09 bits per heavy atom. The summed E-state index contributed by atoms with van der Waals surface area (Å²) in [5.74, 6) is 1.54. The van der Waals surface area contributed by atoms with Gasteiger partial charge in [-0.2, -0.15) is 5.26 Å². The molecular formula is C25H31N3O4. The van der Waals surface area contributed by atoms with Crippen LogP contribution in [0.3, 0.4) is 0 Å². The van der Waals surface area contributed by atoms with Crippen LogP contribution < -0.4 is 19.1 Å². The molecule has 1 aliphatic heterocycles. The summed E-state index contributed by atoms with van der Waals surface area (Å²) < 4.78 is 17.3. The Morgan fingerprint density at radius 1 is 0.906 bits per heavy atom. The van der Waals surface area contributed by atoms with Crippen molar-refractivity contribution in [1.82, 2.24) is 4.90 Å². The van der Waals surface area contributed by atoms with Crippen molar-refractivity contribution in [3.8, 4) is 23.3 Å². The summed E-state index contributed by atoms with van der Waals surface area (Å²) in [6, 6.07) is 13.2. The van der Waals surface area contributed by atoms with E-state index < -0.39 is 0 Å². The van der Waals surface area contributed by atoms with E-state index in [1.807, 2.05) is 49.9 Å². The van der Waals surface area contributed by atoms with Crippen LogP contribution in [0.1, 0.15) is 43.1 Å². The molecular weight excluding hydrogens is 406 g/mol. The monoisotopic (exact) mass is 437 g/mol. The lowest BCUT2D eigenvalue weighted by molar-refractivity contribution is 0.0766. The number of hydrogen-bond donors (Lipinski definition) is 0. The van der Waals surface area contributed by atoms with Crippen LogP contribution in [-0.2, 0) is 0 Å². The highest BCUT2D eigenvalue weighted by Gasteiger charge is 2.24. The van der Waals surface area contributed by atoms with E-state index in [2.05, 4.69) is 11.0 Å². The summed E-state index contributed by atoms with van der Waals surface area (Å²) in [6.07, 6.45) is 0.861. The first kappa shape index (κ1) is 23.3. The van der Waals surface area contributed by atoms with Crippen molar-refractivity contribution >= 4 is 11.6 Å². The minimum atomic E-state index is -0.0448. The van der Waals surface area contributed by atoms with E-state index >= 15 is 0 Å². The average Bonchev–Trinajstić information content (AvgIpc) is 3.07. The van der Waals surface area contributed by atoms with Gasteiger partial charge in [0.1, 0.15) is 0 Å². The fourth-order valence-corrected chi connectivity index (χ4v) is 3.82. The number of anilines is 1. The summed E-state index contributed by atoms with van der Waals surface area (Å²) in [6.45, 7) is 9.98. The molecule has 0 spiro atoms. The Hall–Kier alpha value is -3.40. The van der Waals surface area contributed by atoms with Crippen LogP contribution in [0.2, 0.25) is 0 Å². The van der Waals surface area contributed by atoms with Gasteiger partial charge in [-0.05, 0) is 63.6 Å². The first-order chi connectivity index (χ1) is 15.6. The van der Waals surface area contributed by atoms with E-state index in [9.17, 15) is 4.79 Å². The third kappa shape index (κ3) is 5.44. The fourth-order valence-electron chi connectivity index (χ4n) is 3.82. The molecule has 0 radical (unpaired) electrons. The standard InChI is InChI=1S/C25H31N3O4/c1-4-30-22-16-20(17-23(31-5-2)24(22)32-6-3)25(29)28-13-7-12-27(14-15-28)21-10-8-19(18-26)9-11-21/h8-11,16-17H,4-7,12-15H2,1-3H3. The van der Waals surface area contributed by atoms with Crippen molar-refractivity contribution in [3.63, 3.8) is 0 Å². The van der Waals surface area contributed by atoms with Crippen molar-refractivity contribution in [1.29, 1.82) is 5.26 Å². The molecule has 1 heterocycles. The predicted molar refractivity (Wildman–Crippen MR) is 124 cm³/mol. The smallest absolute Gasteiger partial charge is 0.254 e. The van der Waals surface area contributed by atoms with E-state index in [1.54, 1.807) is 12.1 Å². The second-order valence-electron chi connectivity index (χ2n) is 7.39. The summed E-state index contributed by atoms with van der Waals surface area (Å²) in [4.78, 5) is 17.5. The highest BCUT2D eigenvalue weighted by Crippen LogP contribution is 2.39. The second kappa shape index (κ2) is 11.3. The van der Waals surface area contributed by atoms with Gasteiger partial charge in [0.05, 0.1) is 31.5 Å². The number of rotatable bonds is 8. The average molecular weight is 438 g/mol. The molecule has 2 aromatic carbocycles. The Labute approximate surface area is 190 Å². The van der Waals surface area contributed by atoms with Crippen molar-refractivity contribution in [3.05, 3.63) is 47.5 Å². The van der Waals surface area contributed by atoms with Gasteiger partial charge in [-0.1, -0.05) is 0 Å². The van der Waals surface area contributed by atoms with Gasteiger partial charge in [0.25, 0.3) is 5.91 Å². The molecule has 3 rings (SSSR count). The molecule has 0 aromatic heterocycles. The molecule has 7 heteroatoms. The van der Waals surface area contributed by atoms with Gasteiger partial charge in [-0.25, -0.2) is 0 Å². The van der Waals surface area contributed by atoms with Crippen molar-refractivity contribution < 1.29 is 19.0 Å². The van der Waals surface area contributed by atoms with Crippen LogP contribution in [0.5, 0.6) is 17.2 Å². The van der Waals surface area contributed by atoms with Crippen molar-refractivity contribution in [2.45, 2.75) is 27.2 Å². The number of hydrogen-bond acceptors (Lipinski definition) is 6. The maximum atomic E-state index is 13.4. The van der Waals surface area contributed by atoms with Gasteiger partial charge in [0, 0.05) is 37.4 Å². The largest absolute Gasteiger partial charge is 0.490 e. The lowest BCUT2D eigenvalue weighted by Gasteiger charge is -2.24. The van der Waals surface area contributed by atoms with Gasteiger partial charge < -0.3 is 24.0 Å². The summed E-state index contributed by atoms with van der Waals surface area (Å²) in [5.41, 5.74) is 2.25. The Morgan fingerprint density at radius 2 is 1.53 bits per heavy atom. The van der Waals surface area contributed by atoms with E-state index in [4.69, 9.17) is 19.5 Å². The van der Waals surface area contributed by atoms with Gasteiger partial charge >= 0.3 is 0 Å². The minimum Gasteiger partial charge on any atom is -0.490 e. The molecule has 7 nitrogen and oxygen atoms in total. The van der Waals surface area contributed by atoms with E-state index in [-0.39, 0.29) is 5.91 Å². The van der Waals surface area contributed by atoms with Crippen LogP contribution >= 0.6 is 0 Å². The summed E-state index contributed by atoms with van der Waals surface area (Å²) in [5, 5.41) is 9.01. The fraction of sp³-hybridized carbons (Fsp3) is 0.440. The molecule has 1 amide bonds. The zero-order valence-corrected chi connectivity index (χ0v) is 19.1. The van der Waals surface area contributed by atoms with Crippen molar-refractivity contribution in [2.75, 3.05) is 50.9 Å². The summed E-state index contributed by atoms with van der Waals surface area (Å²) >= 11 is 0. The number of nitriles is 1. The van der Waals surface area contributed by atoms with Crippen LogP contribution in [0.4, 0.5) is 5.69 Å². The number of ether oxygens (including phenoxy) is 3. The van der Waals surface area contributed by atoms with Crippen LogP contribution in [0.25, 0.3) is 0 Å². The molecule has 32 heavy (non-hydrogen) atoms. The van der Waals surface area contributed by atoms with Gasteiger partial charge in [0.2, 0.25) is 5.75 Å². The Bertz CT molecular complexity index is 926. The Balaban J connectivity index is 1.79. The number of carbonyl (C=O) groups is 1. The lowest BCUT2D eigenvalue weighted by atomic mass is 10.1. The van der Waals surface area contributed by atoms with E-state index in [1.165, 1.54) is 0 Å². The molecule has 1 fully saturated rings. The molecule has 0 atom stereocenters. The highest BCUT2D eigenvalue weighted by molar-refractivity contribution is 5.95. The molecule has 170 valence electrons. The third-order valence-corrected chi connectivity index (χ3v) is 5.30. The second-order valence-corrected chi connectivity index (χ2v) is 7.39. The maximum absolute atomic E-state index is 13.4. The predicted octanol–water partition coefficient (Wildman–Crippen LogP) is 4.11. The molecule has 1 saturated heterocycles. The number of nitrogens with zero attached hydrogens (tertiary/aromatic N) is 3. The minimum absolute atomic E-state index is 0.0448. The molecule has 0 saturated carbocycles. The van der Waals surface area contributed by atoms with Crippen LogP contribution in [-0.4, -0.2) is 56.8 Å². The van der Waals surface area contributed by atoms with Gasteiger partial charge in [-0.3, -0.25) is 4.79 Å². The topological polar surface area (TPSA) is 75.0 Å². The number of benzene rings is 2.